The molecule has 0 saturated carbocycles. The summed E-state index contributed by atoms with van der Waals surface area (Å²) in [7, 11) is 0. The first-order chi connectivity index (χ1) is 5.25. The van der Waals surface area contributed by atoms with Crippen LogP contribution in [0.3, 0.4) is 0 Å². The fourth-order valence-electron chi connectivity index (χ4n) is 0.749. The van der Waals surface area contributed by atoms with Gasteiger partial charge in [-0.2, -0.15) is 12.6 Å². The van der Waals surface area contributed by atoms with Crippen molar-refractivity contribution in [2.75, 3.05) is 5.75 Å². The highest BCUT2D eigenvalue weighted by Gasteiger charge is 2.16. The highest BCUT2D eigenvalue weighted by molar-refractivity contribution is 7.80. The van der Waals surface area contributed by atoms with Gasteiger partial charge in [-0.05, 0) is 11.4 Å². The SMILES string of the molecule is OC(CS)C(O)c1cccs1. The predicted octanol–water partition coefficient (Wildman–Crippen LogP) is 1.07. The summed E-state index contributed by atoms with van der Waals surface area (Å²) in [6.07, 6.45) is -1.55. The summed E-state index contributed by atoms with van der Waals surface area (Å²) < 4.78 is 0. The summed E-state index contributed by atoms with van der Waals surface area (Å²) in [5.41, 5.74) is 0. The van der Waals surface area contributed by atoms with Crippen molar-refractivity contribution in [3.8, 4) is 0 Å². The molecule has 0 aromatic carbocycles. The zero-order chi connectivity index (χ0) is 8.27. The van der Waals surface area contributed by atoms with E-state index >= 15 is 0 Å². The number of thiophene rings is 1. The fourth-order valence-corrected chi connectivity index (χ4v) is 1.72. The minimum atomic E-state index is -0.785. The Kier molecular flexibility index (Phi) is 3.39. The summed E-state index contributed by atoms with van der Waals surface area (Å²) in [6, 6.07) is 3.64. The van der Waals surface area contributed by atoms with Gasteiger partial charge in [0.1, 0.15) is 6.10 Å². The van der Waals surface area contributed by atoms with Gasteiger partial charge in [0.15, 0.2) is 0 Å². The van der Waals surface area contributed by atoms with Gasteiger partial charge in [0, 0.05) is 10.6 Å². The smallest absolute Gasteiger partial charge is 0.115 e. The average Bonchev–Trinajstić information content (AvgIpc) is 2.53. The van der Waals surface area contributed by atoms with Crippen molar-refractivity contribution in [3.05, 3.63) is 22.4 Å². The number of thiol groups is 1. The number of hydrogen-bond acceptors (Lipinski definition) is 4. The third-order valence-corrected chi connectivity index (χ3v) is 2.70. The molecule has 0 spiro atoms. The van der Waals surface area contributed by atoms with E-state index in [1.54, 1.807) is 6.07 Å². The lowest BCUT2D eigenvalue weighted by Crippen LogP contribution is -2.18. The lowest BCUT2D eigenvalue weighted by molar-refractivity contribution is 0.0361. The van der Waals surface area contributed by atoms with E-state index in [1.807, 2.05) is 11.4 Å². The maximum Gasteiger partial charge on any atom is 0.115 e. The van der Waals surface area contributed by atoms with Crippen LogP contribution >= 0.6 is 24.0 Å². The number of aliphatic hydroxyl groups is 2. The Morgan fingerprint density at radius 3 is 2.73 bits per heavy atom. The van der Waals surface area contributed by atoms with Crippen LogP contribution in [0.15, 0.2) is 17.5 Å². The molecular formula is C7H10O2S2. The van der Waals surface area contributed by atoms with Gasteiger partial charge >= 0.3 is 0 Å². The van der Waals surface area contributed by atoms with Crippen LogP contribution in [0.1, 0.15) is 11.0 Å². The highest BCUT2D eigenvalue weighted by atomic mass is 32.1. The molecule has 1 aromatic rings. The summed E-state index contributed by atoms with van der Waals surface area (Å²) >= 11 is 5.31. The standard InChI is InChI=1S/C7H10O2S2/c8-5(4-10)7(9)6-2-1-3-11-6/h1-3,5,7-10H,4H2. The minimum Gasteiger partial charge on any atom is -0.389 e. The Morgan fingerprint density at radius 1 is 1.55 bits per heavy atom. The highest BCUT2D eigenvalue weighted by Crippen LogP contribution is 2.21. The molecule has 0 aliphatic rings. The lowest BCUT2D eigenvalue weighted by atomic mass is 10.2. The first-order valence-electron chi connectivity index (χ1n) is 3.26. The molecule has 1 heterocycles. The van der Waals surface area contributed by atoms with Crippen LogP contribution < -0.4 is 0 Å². The normalized spacial score (nSPS) is 16.3. The van der Waals surface area contributed by atoms with Crippen LogP contribution in [0.5, 0.6) is 0 Å². The van der Waals surface area contributed by atoms with Gasteiger partial charge in [-0.15, -0.1) is 11.3 Å². The van der Waals surface area contributed by atoms with Crippen molar-refractivity contribution in [2.45, 2.75) is 12.2 Å². The number of rotatable bonds is 3. The molecule has 0 amide bonds. The second-order valence-corrected chi connectivity index (χ2v) is 3.55. The predicted molar refractivity (Wildman–Crippen MR) is 49.1 cm³/mol. The van der Waals surface area contributed by atoms with Gasteiger partial charge < -0.3 is 10.2 Å². The molecule has 0 radical (unpaired) electrons. The van der Waals surface area contributed by atoms with E-state index in [1.165, 1.54) is 11.3 Å². The molecule has 0 aliphatic carbocycles. The quantitative estimate of drug-likeness (QED) is 0.624. The minimum absolute atomic E-state index is 0.277. The van der Waals surface area contributed by atoms with E-state index in [2.05, 4.69) is 12.6 Å². The van der Waals surface area contributed by atoms with Crippen LogP contribution in [0.2, 0.25) is 0 Å². The van der Waals surface area contributed by atoms with Gasteiger partial charge in [-0.3, -0.25) is 0 Å². The summed E-state index contributed by atoms with van der Waals surface area (Å²) in [6.45, 7) is 0. The average molecular weight is 190 g/mol. The van der Waals surface area contributed by atoms with Gasteiger partial charge in [-0.1, -0.05) is 6.07 Å². The fraction of sp³-hybridized carbons (Fsp3) is 0.429. The Balaban J connectivity index is 2.62. The van der Waals surface area contributed by atoms with E-state index in [4.69, 9.17) is 0 Å². The topological polar surface area (TPSA) is 40.5 Å². The maximum absolute atomic E-state index is 9.39. The van der Waals surface area contributed by atoms with Crippen LogP contribution in [0.25, 0.3) is 0 Å². The van der Waals surface area contributed by atoms with Crippen LogP contribution in [-0.2, 0) is 0 Å². The number of hydrogen-bond donors (Lipinski definition) is 3. The monoisotopic (exact) mass is 190 g/mol. The molecule has 1 rings (SSSR count). The second kappa shape index (κ2) is 4.11. The maximum atomic E-state index is 9.39. The first-order valence-corrected chi connectivity index (χ1v) is 4.77. The molecule has 2 nitrogen and oxygen atoms in total. The van der Waals surface area contributed by atoms with Gasteiger partial charge in [0.25, 0.3) is 0 Å². The van der Waals surface area contributed by atoms with E-state index in [-0.39, 0.29) is 5.75 Å². The van der Waals surface area contributed by atoms with Crippen molar-refractivity contribution >= 4 is 24.0 Å². The summed E-state index contributed by atoms with van der Waals surface area (Å²) in [5.74, 6) is 0.277. The van der Waals surface area contributed by atoms with Gasteiger partial charge in [-0.25, -0.2) is 0 Å². The molecule has 1 aromatic heterocycles. The van der Waals surface area contributed by atoms with Crippen LogP contribution in [0, 0.1) is 0 Å². The van der Waals surface area contributed by atoms with Crippen molar-refractivity contribution in [1.82, 2.24) is 0 Å². The Morgan fingerprint density at radius 2 is 2.27 bits per heavy atom. The zero-order valence-corrected chi connectivity index (χ0v) is 7.55. The summed E-state index contributed by atoms with van der Waals surface area (Å²) in [5, 5.41) is 20.4. The Bertz CT molecular complexity index is 198. The molecular weight excluding hydrogens is 180 g/mol. The molecule has 2 atom stereocenters. The third kappa shape index (κ3) is 2.20. The molecule has 0 fully saturated rings. The molecule has 62 valence electrons. The van der Waals surface area contributed by atoms with Crippen molar-refractivity contribution < 1.29 is 10.2 Å². The Hall–Kier alpha value is -0.0300. The molecule has 4 heteroatoms. The second-order valence-electron chi connectivity index (χ2n) is 2.21. The van der Waals surface area contributed by atoms with E-state index in [0.717, 1.165) is 4.88 Å². The number of aliphatic hydroxyl groups excluding tert-OH is 2. The van der Waals surface area contributed by atoms with Gasteiger partial charge in [0.2, 0.25) is 0 Å². The molecule has 0 aliphatic heterocycles. The third-order valence-electron chi connectivity index (χ3n) is 1.39. The van der Waals surface area contributed by atoms with Crippen molar-refractivity contribution in [1.29, 1.82) is 0 Å². The largest absolute Gasteiger partial charge is 0.389 e. The molecule has 0 bridgehead atoms. The van der Waals surface area contributed by atoms with E-state index in [0.29, 0.717) is 0 Å². The molecule has 2 N–H and O–H groups in total. The van der Waals surface area contributed by atoms with Crippen LogP contribution in [0.4, 0.5) is 0 Å². The van der Waals surface area contributed by atoms with E-state index in [9.17, 15) is 10.2 Å². The molecule has 11 heavy (non-hydrogen) atoms. The molecule has 2 unspecified atom stereocenters. The lowest BCUT2D eigenvalue weighted by Gasteiger charge is -2.13. The first kappa shape index (κ1) is 9.06. The van der Waals surface area contributed by atoms with E-state index < -0.39 is 12.2 Å². The summed E-state index contributed by atoms with van der Waals surface area (Å²) in [4.78, 5) is 0.784. The van der Waals surface area contributed by atoms with Crippen molar-refractivity contribution in [2.24, 2.45) is 0 Å². The Labute approximate surface area is 74.9 Å². The van der Waals surface area contributed by atoms with Crippen LogP contribution in [-0.4, -0.2) is 22.1 Å². The zero-order valence-electron chi connectivity index (χ0n) is 5.84. The molecule has 0 saturated heterocycles. The van der Waals surface area contributed by atoms with Gasteiger partial charge in [0.05, 0.1) is 6.10 Å². The van der Waals surface area contributed by atoms with Crippen molar-refractivity contribution in [3.63, 3.8) is 0 Å².